The van der Waals surface area contributed by atoms with Crippen LogP contribution in [0.25, 0.3) is 22.6 Å². The van der Waals surface area contributed by atoms with Crippen LogP contribution < -0.4 is 5.32 Å². The van der Waals surface area contributed by atoms with E-state index >= 15 is 0 Å². The van der Waals surface area contributed by atoms with Crippen molar-refractivity contribution in [2.45, 2.75) is 0 Å². The van der Waals surface area contributed by atoms with Crippen molar-refractivity contribution in [2.24, 2.45) is 0 Å². The molecule has 2 heterocycles. The summed E-state index contributed by atoms with van der Waals surface area (Å²) >= 11 is 0. The summed E-state index contributed by atoms with van der Waals surface area (Å²) in [5, 5.41) is 9.86. The van der Waals surface area contributed by atoms with Gasteiger partial charge in [-0.2, -0.15) is 0 Å². The summed E-state index contributed by atoms with van der Waals surface area (Å²) < 4.78 is 49.4. The summed E-state index contributed by atoms with van der Waals surface area (Å²) in [4.78, 5) is 12.3. The molecule has 4 aromatic rings. The zero-order valence-electron chi connectivity index (χ0n) is 13.9. The lowest BCUT2D eigenvalue weighted by atomic mass is 10.1. The maximum atomic E-state index is 13.3. The van der Waals surface area contributed by atoms with Gasteiger partial charge in [-0.25, -0.2) is 13.2 Å². The molecule has 0 bridgehead atoms. The molecule has 6 nitrogen and oxygen atoms in total. The van der Waals surface area contributed by atoms with Crippen LogP contribution in [0.3, 0.4) is 0 Å². The minimum atomic E-state index is -1.05. The van der Waals surface area contributed by atoms with Gasteiger partial charge >= 0.3 is 0 Å². The third kappa shape index (κ3) is 3.50. The molecule has 1 N–H and O–H groups in total. The average Bonchev–Trinajstić information content (AvgIpc) is 3.34. The van der Waals surface area contributed by atoms with Crippen molar-refractivity contribution in [1.29, 1.82) is 0 Å². The van der Waals surface area contributed by atoms with Crippen molar-refractivity contribution in [1.82, 2.24) is 10.3 Å². The van der Waals surface area contributed by atoms with Gasteiger partial charge in [-0.05, 0) is 42.5 Å². The largest absolute Gasteiger partial charge is 0.355 e. The molecule has 1 amide bonds. The van der Waals surface area contributed by atoms with Gasteiger partial charge < -0.3 is 9.05 Å². The highest BCUT2D eigenvalue weighted by Gasteiger charge is 2.17. The van der Waals surface area contributed by atoms with Gasteiger partial charge in [-0.15, -0.1) is 0 Å². The van der Waals surface area contributed by atoms with Gasteiger partial charge in [0.1, 0.15) is 11.5 Å². The maximum absolute atomic E-state index is 13.3. The van der Waals surface area contributed by atoms with E-state index in [1.165, 1.54) is 42.5 Å². The molecule has 0 saturated heterocycles. The number of hydrogen-bond acceptors (Lipinski definition) is 5. The average molecular weight is 385 g/mol. The number of hydrogen-bond donors (Lipinski definition) is 1. The molecule has 0 unspecified atom stereocenters. The van der Waals surface area contributed by atoms with Crippen LogP contribution in [0.1, 0.15) is 10.5 Å². The zero-order valence-corrected chi connectivity index (χ0v) is 13.9. The smallest absolute Gasteiger partial charge is 0.280 e. The number of benzene rings is 2. The fourth-order valence-electron chi connectivity index (χ4n) is 2.43. The van der Waals surface area contributed by atoms with Gasteiger partial charge in [-0.1, -0.05) is 10.3 Å². The lowest BCUT2D eigenvalue weighted by Crippen LogP contribution is -2.11. The molecule has 0 spiro atoms. The molecular formula is C19H10F3N3O3. The molecule has 0 fully saturated rings. The fourth-order valence-corrected chi connectivity index (χ4v) is 2.43. The summed E-state index contributed by atoms with van der Waals surface area (Å²) in [6.45, 7) is 0. The highest BCUT2D eigenvalue weighted by molar-refractivity contribution is 6.02. The molecule has 0 atom stereocenters. The van der Waals surface area contributed by atoms with Crippen LogP contribution in [0.2, 0.25) is 0 Å². The number of carbonyl (C=O) groups is 1. The van der Waals surface area contributed by atoms with Crippen molar-refractivity contribution in [3.05, 3.63) is 77.7 Å². The second-order valence-electron chi connectivity index (χ2n) is 5.74. The van der Waals surface area contributed by atoms with Crippen LogP contribution in [-0.4, -0.2) is 16.2 Å². The Balaban J connectivity index is 1.49. The van der Waals surface area contributed by atoms with Crippen LogP contribution in [0.4, 0.5) is 19.1 Å². The number of amides is 1. The summed E-state index contributed by atoms with van der Waals surface area (Å²) in [6.07, 6.45) is 0. The first-order valence-corrected chi connectivity index (χ1v) is 7.96. The predicted molar refractivity (Wildman–Crippen MR) is 91.7 cm³/mol. The summed E-state index contributed by atoms with van der Waals surface area (Å²) in [5.41, 5.74) is 1.13. The monoisotopic (exact) mass is 385 g/mol. The van der Waals surface area contributed by atoms with E-state index in [9.17, 15) is 18.0 Å². The molecule has 140 valence electrons. The van der Waals surface area contributed by atoms with Gasteiger partial charge in [-0.3, -0.25) is 10.1 Å². The topological polar surface area (TPSA) is 81.2 Å². The summed E-state index contributed by atoms with van der Waals surface area (Å²) in [5.74, 6) is -2.95. The molecular weight excluding hydrogens is 375 g/mol. The fraction of sp³-hybridized carbons (Fsp3) is 0. The van der Waals surface area contributed by atoms with E-state index in [1.54, 1.807) is 0 Å². The number of nitrogens with one attached hydrogen (secondary N) is 1. The molecule has 2 aromatic carbocycles. The lowest BCUT2D eigenvalue weighted by Gasteiger charge is -1.96. The van der Waals surface area contributed by atoms with Crippen LogP contribution in [-0.2, 0) is 0 Å². The van der Waals surface area contributed by atoms with Crippen LogP contribution in [0, 0.1) is 17.5 Å². The van der Waals surface area contributed by atoms with Gasteiger partial charge in [0.15, 0.2) is 23.1 Å². The predicted octanol–water partition coefficient (Wildman–Crippen LogP) is 4.67. The SMILES string of the molecule is O=C(Nc1cc(-c2ccc(F)cc2)no1)c1cc(-c2ccc(F)c(F)c2)on1. The van der Waals surface area contributed by atoms with Gasteiger partial charge in [0, 0.05) is 23.3 Å². The van der Waals surface area contributed by atoms with E-state index in [0.717, 1.165) is 12.1 Å². The lowest BCUT2D eigenvalue weighted by molar-refractivity contribution is 0.101. The van der Waals surface area contributed by atoms with Crippen molar-refractivity contribution >= 4 is 11.8 Å². The zero-order chi connectivity index (χ0) is 19.7. The molecule has 2 aromatic heterocycles. The quantitative estimate of drug-likeness (QED) is 0.552. The van der Waals surface area contributed by atoms with Crippen molar-refractivity contribution < 1.29 is 27.0 Å². The molecule has 0 saturated carbocycles. The molecule has 0 aliphatic heterocycles. The first-order chi connectivity index (χ1) is 13.5. The van der Waals surface area contributed by atoms with Gasteiger partial charge in [0.05, 0.1) is 0 Å². The van der Waals surface area contributed by atoms with Gasteiger partial charge in [0.25, 0.3) is 5.91 Å². The number of nitrogens with zero attached hydrogens (tertiary/aromatic N) is 2. The van der Waals surface area contributed by atoms with Crippen LogP contribution in [0.5, 0.6) is 0 Å². The summed E-state index contributed by atoms with van der Waals surface area (Å²) in [6, 6.07) is 11.5. The van der Waals surface area contributed by atoms with E-state index in [2.05, 4.69) is 15.6 Å². The van der Waals surface area contributed by atoms with E-state index in [4.69, 9.17) is 9.05 Å². The second-order valence-corrected chi connectivity index (χ2v) is 5.74. The number of aromatic nitrogens is 2. The van der Waals surface area contributed by atoms with Crippen molar-refractivity contribution in [3.63, 3.8) is 0 Å². The molecule has 0 aliphatic carbocycles. The normalized spacial score (nSPS) is 10.8. The van der Waals surface area contributed by atoms with Crippen LogP contribution >= 0.6 is 0 Å². The Bertz CT molecular complexity index is 1150. The van der Waals surface area contributed by atoms with Crippen molar-refractivity contribution in [3.8, 4) is 22.6 Å². The number of anilines is 1. The molecule has 0 radical (unpaired) electrons. The molecule has 28 heavy (non-hydrogen) atoms. The maximum Gasteiger partial charge on any atom is 0.280 e. The third-order valence-corrected chi connectivity index (χ3v) is 3.83. The van der Waals surface area contributed by atoms with Crippen LogP contribution in [0.15, 0.2) is 63.6 Å². The standard InChI is InChI=1S/C19H10F3N3O3/c20-12-4-1-10(2-5-12)15-9-18(28-24-15)23-19(26)16-8-17(27-25-16)11-3-6-13(21)14(22)7-11/h1-9H,(H,23,26). The Morgan fingerprint density at radius 2 is 1.57 bits per heavy atom. The number of carbonyl (C=O) groups excluding carboxylic acids is 1. The molecule has 9 heteroatoms. The van der Waals surface area contributed by atoms with Crippen molar-refractivity contribution in [2.75, 3.05) is 5.32 Å². The van der Waals surface area contributed by atoms with E-state index in [1.807, 2.05) is 0 Å². The molecule has 0 aliphatic rings. The Morgan fingerprint density at radius 1 is 0.821 bits per heavy atom. The number of halogens is 3. The second kappa shape index (κ2) is 7.03. The first-order valence-electron chi connectivity index (χ1n) is 7.96. The first kappa shape index (κ1) is 17.5. The van der Waals surface area contributed by atoms with E-state index < -0.39 is 17.5 Å². The Labute approximate surface area is 155 Å². The minimum Gasteiger partial charge on any atom is -0.355 e. The Hall–Kier alpha value is -3.88. The Morgan fingerprint density at radius 3 is 2.32 bits per heavy atom. The number of rotatable bonds is 4. The third-order valence-electron chi connectivity index (χ3n) is 3.83. The summed E-state index contributed by atoms with van der Waals surface area (Å²) in [7, 11) is 0. The van der Waals surface area contributed by atoms with E-state index in [0.29, 0.717) is 11.3 Å². The highest BCUT2D eigenvalue weighted by Crippen LogP contribution is 2.24. The highest BCUT2D eigenvalue weighted by atomic mass is 19.2. The van der Waals surface area contributed by atoms with E-state index in [-0.39, 0.29) is 28.7 Å². The Kier molecular flexibility index (Phi) is 4.40. The minimum absolute atomic E-state index is 0.0432. The van der Waals surface area contributed by atoms with Gasteiger partial charge in [0.2, 0.25) is 5.88 Å². The molecule has 4 rings (SSSR count).